The summed E-state index contributed by atoms with van der Waals surface area (Å²) in [5.41, 5.74) is -0.0142. The van der Waals surface area contributed by atoms with Crippen molar-refractivity contribution in [2.75, 3.05) is 10.7 Å². The number of para-hydroxylation sites is 1. The summed E-state index contributed by atoms with van der Waals surface area (Å²) >= 11 is 1.82. The summed E-state index contributed by atoms with van der Waals surface area (Å²) in [4.78, 5) is 24.8. The number of hydrogen-bond donors (Lipinski definition) is 1. The Morgan fingerprint density at radius 1 is 1.14 bits per heavy atom. The fourth-order valence-corrected chi connectivity index (χ4v) is 6.94. The number of benzene rings is 1. The molecule has 8 heteroatoms. The third-order valence-corrected chi connectivity index (χ3v) is 8.70. The largest absolute Gasteiger partial charge is 0.484 e. The predicted octanol–water partition coefficient (Wildman–Crippen LogP) is 5.51. The lowest BCUT2D eigenvalue weighted by Crippen LogP contribution is -2.58. The number of aromatic nitrogens is 2. The van der Waals surface area contributed by atoms with E-state index >= 15 is 0 Å². The Morgan fingerprint density at radius 2 is 1.89 bits per heavy atom. The van der Waals surface area contributed by atoms with E-state index in [0.29, 0.717) is 12.1 Å². The molecule has 3 aliphatic heterocycles. The number of thioether (sulfide) groups is 1. The Kier molecular flexibility index (Phi) is 5.62. The first-order valence-corrected chi connectivity index (χ1v) is 13.8. The lowest BCUT2D eigenvalue weighted by Gasteiger charge is -2.47. The second-order valence-electron chi connectivity index (χ2n) is 11.5. The molecule has 4 aliphatic rings. The van der Waals surface area contributed by atoms with Crippen LogP contribution in [0.2, 0.25) is 0 Å². The summed E-state index contributed by atoms with van der Waals surface area (Å²) in [6, 6.07) is 8.41. The maximum atomic E-state index is 12.8. The third-order valence-electron chi connectivity index (χ3n) is 7.56. The van der Waals surface area contributed by atoms with Crippen molar-refractivity contribution in [3.05, 3.63) is 42.2 Å². The SMILES string of the molecule is CC(C)(C)OC(=O)N[C@@H]1c2ccccc2OC12C[C@H]1CC[C@@H](C2)N1c1cnc(SCC2CC2)cn1. The Morgan fingerprint density at radius 3 is 2.54 bits per heavy atom. The van der Waals surface area contributed by atoms with Crippen LogP contribution in [-0.4, -0.2) is 45.1 Å². The first-order chi connectivity index (χ1) is 16.8. The average Bonchev–Trinajstić information content (AvgIpc) is 3.54. The number of anilines is 1. The van der Waals surface area contributed by atoms with Gasteiger partial charge in [0, 0.05) is 36.2 Å². The minimum absolute atomic E-state index is 0.244. The van der Waals surface area contributed by atoms with Crippen molar-refractivity contribution in [3.63, 3.8) is 0 Å². The number of amides is 1. The van der Waals surface area contributed by atoms with Gasteiger partial charge in [-0.1, -0.05) is 18.2 Å². The van der Waals surface area contributed by atoms with Crippen LogP contribution in [0, 0.1) is 5.92 Å². The first kappa shape index (κ1) is 23.0. The molecule has 35 heavy (non-hydrogen) atoms. The third kappa shape index (κ3) is 4.57. The van der Waals surface area contributed by atoms with Gasteiger partial charge in [0.25, 0.3) is 0 Å². The Balaban J connectivity index is 1.22. The van der Waals surface area contributed by atoms with Gasteiger partial charge >= 0.3 is 6.09 Å². The maximum Gasteiger partial charge on any atom is 0.408 e. The summed E-state index contributed by atoms with van der Waals surface area (Å²) in [7, 11) is 0. The van der Waals surface area contributed by atoms with E-state index in [1.165, 1.54) is 12.8 Å². The highest BCUT2D eigenvalue weighted by molar-refractivity contribution is 7.99. The molecule has 1 aromatic heterocycles. The molecule has 7 nitrogen and oxygen atoms in total. The van der Waals surface area contributed by atoms with E-state index in [2.05, 4.69) is 16.3 Å². The van der Waals surface area contributed by atoms with Crippen LogP contribution >= 0.6 is 11.8 Å². The number of nitrogens with one attached hydrogen (secondary N) is 1. The van der Waals surface area contributed by atoms with Crippen molar-refractivity contribution in [1.29, 1.82) is 0 Å². The van der Waals surface area contributed by atoms with Gasteiger partial charge in [-0.15, -0.1) is 11.8 Å². The van der Waals surface area contributed by atoms with Crippen LogP contribution in [0.3, 0.4) is 0 Å². The van der Waals surface area contributed by atoms with Crippen LogP contribution in [0.1, 0.15) is 70.9 Å². The molecule has 1 amide bonds. The fourth-order valence-electron chi connectivity index (χ4n) is 5.95. The number of rotatable bonds is 5. The topological polar surface area (TPSA) is 76.6 Å². The van der Waals surface area contributed by atoms with Crippen molar-refractivity contribution >= 4 is 23.7 Å². The molecule has 1 aromatic carbocycles. The highest BCUT2D eigenvalue weighted by atomic mass is 32.2. The second kappa shape index (κ2) is 8.57. The molecule has 1 unspecified atom stereocenters. The Labute approximate surface area is 211 Å². The van der Waals surface area contributed by atoms with Crippen LogP contribution in [0.15, 0.2) is 41.7 Å². The molecule has 4 heterocycles. The quantitative estimate of drug-likeness (QED) is 0.550. The fraction of sp³-hybridized carbons (Fsp3) is 0.593. The van der Waals surface area contributed by atoms with E-state index in [0.717, 1.165) is 59.5 Å². The van der Waals surface area contributed by atoms with Crippen molar-refractivity contribution in [2.45, 2.75) is 93.6 Å². The minimum atomic E-state index is -0.555. The van der Waals surface area contributed by atoms with Gasteiger partial charge in [-0.2, -0.15) is 0 Å². The number of piperidine rings is 1. The Bertz CT molecular complexity index is 1080. The van der Waals surface area contributed by atoms with Crippen LogP contribution in [-0.2, 0) is 4.74 Å². The van der Waals surface area contributed by atoms with E-state index in [1.807, 2.05) is 63.1 Å². The zero-order valence-electron chi connectivity index (χ0n) is 20.7. The van der Waals surface area contributed by atoms with Crippen LogP contribution in [0.4, 0.5) is 10.6 Å². The van der Waals surface area contributed by atoms with E-state index in [-0.39, 0.29) is 6.04 Å². The monoisotopic (exact) mass is 494 g/mol. The molecular weight excluding hydrogens is 460 g/mol. The van der Waals surface area contributed by atoms with Crippen molar-refractivity contribution < 1.29 is 14.3 Å². The zero-order valence-corrected chi connectivity index (χ0v) is 21.5. The van der Waals surface area contributed by atoms with E-state index in [4.69, 9.17) is 19.4 Å². The number of nitrogens with zero attached hydrogens (tertiary/aromatic N) is 3. The summed E-state index contributed by atoms with van der Waals surface area (Å²) in [5, 5.41) is 4.19. The molecule has 6 rings (SSSR count). The van der Waals surface area contributed by atoms with Crippen LogP contribution < -0.4 is 15.0 Å². The van der Waals surface area contributed by atoms with Gasteiger partial charge in [-0.05, 0) is 58.4 Å². The molecular formula is C27H34N4O3S. The number of hydrogen-bond acceptors (Lipinski definition) is 7. The van der Waals surface area contributed by atoms with E-state index in [1.54, 1.807) is 0 Å². The van der Waals surface area contributed by atoms with Crippen LogP contribution in [0.5, 0.6) is 5.75 Å². The second-order valence-corrected chi connectivity index (χ2v) is 12.5. The molecule has 0 radical (unpaired) electrons. The number of carbonyl (C=O) groups is 1. The molecule has 2 aromatic rings. The van der Waals surface area contributed by atoms with Gasteiger partial charge in [0.05, 0.1) is 12.4 Å². The lowest BCUT2D eigenvalue weighted by molar-refractivity contribution is 0.00495. The Hall–Kier alpha value is -2.48. The molecule has 2 saturated heterocycles. The predicted molar refractivity (Wildman–Crippen MR) is 136 cm³/mol. The van der Waals surface area contributed by atoms with Gasteiger partial charge in [-0.3, -0.25) is 0 Å². The average molecular weight is 495 g/mol. The number of ether oxygens (including phenoxy) is 2. The van der Waals surface area contributed by atoms with Gasteiger partial charge < -0.3 is 19.7 Å². The van der Waals surface area contributed by atoms with E-state index in [9.17, 15) is 4.79 Å². The highest BCUT2D eigenvalue weighted by Crippen LogP contribution is 2.54. The van der Waals surface area contributed by atoms with Gasteiger partial charge in [0.15, 0.2) is 0 Å². The van der Waals surface area contributed by atoms with Crippen molar-refractivity contribution in [3.8, 4) is 5.75 Å². The van der Waals surface area contributed by atoms with Gasteiger partial charge in [0.2, 0.25) is 0 Å². The van der Waals surface area contributed by atoms with Crippen molar-refractivity contribution in [1.82, 2.24) is 15.3 Å². The molecule has 1 spiro atoms. The lowest BCUT2D eigenvalue weighted by atomic mass is 9.79. The standard InChI is InChI=1S/C27H34N4O3S/c1-26(2,3)34-25(32)30-24-20-6-4-5-7-21(20)33-27(24)12-18-10-11-19(13-27)31(18)22-14-29-23(15-28-22)35-16-17-8-9-17/h4-7,14-15,17-19,24H,8-13,16H2,1-3H3,(H,30,32)/t18-,19+,24-,27?/m1/s1. The molecule has 4 atom stereocenters. The van der Waals surface area contributed by atoms with E-state index < -0.39 is 17.3 Å². The van der Waals surface area contributed by atoms with Crippen LogP contribution in [0.25, 0.3) is 0 Å². The number of carbonyl (C=O) groups excluding carboxylic acids is 1. The molecule has 2 bridgehead atoms. The summed E-state index contributed by atoms with van der Waals surface area (Å²) in [6.07, 6.45) is 10.00. The normalized spacial score (nSPS) is 29.1. The smallest absolute Gasteiger partial charge is 0.408 e. The first-order valence-electron chi connectivity index (χ1n) is 12.8. The molecule has 1 aliphatic carbocycles. The van der Waals surface area contributed by atoms with Gasteiger partial charge in [-0.25, -0.2) is 14.8 Å². The number of fused-ring (bicyclic) bond motifs is 3. The molecule has 1 N–H and O–H groups in total. The van der Waals surface area contributed by atoms with Gasteiger partial charge in [0.1, 0.15) is 33.8 Å². The van der Waals surface area contributed by atoms with Crippen molar-refractivity contribution in [2.24, 2.45) is 5.92 Å². The minimum Gasteiger partial charge on any atom is -0.484 e. The summed E-state index contributed by atoms with van der Waals surface area (Å²) < 4.78 is 12.3. The maximum absolute atomic E-state index is 12.8. The molecule has 1 saturated carbocycles. The molecule has 3 fully saturated rings. The summed E-state index contributed by atoms with van der Waals surface area (Å²) in [6.45, 7) is 5.66. The zero-order chi connectivity index (χ0) is 24.2. The molecule has 186 valence electrons. The summed E-state index contributed by atoms with van der Waals surface area (Å²) in [5.74, 6) is 3.83. The highest BCUT2D eigenvalue weighted by Gasteiger charge is 2.58. The number of alkyl carbamates (subject to hydrolysis) is 1.